The summed E-state index contributed by atoms with van der Waals surface area (Å²) in [4.78, 5) is 12.5. The lowest BCUT2D eigenvalue weighted by Crippen LogP contribution is -2.38. The van der Waals surface area contributed by atoms with Crippen molar-refractivity contribution in [1.29, 1.82) is 0 Å². The molecule has 0 saturated heterocycles. The van der Waals surface area contributed by atoms with Crippen molar-refractivity contribution in [1.82, 2.24) is 9.03 Å². The fraction of sp³-hybridized carbons (Fsp3) is 0.286. The zero-order chi connectivity index (χ0) is 20.7. The zero-order valence-electron chi connectivity index (χ0n) is 16.5. The monoisotopic (exact) mass is 402 g/mol. The number of nitrogens with one attached hydrogen (secondary N) is 1. The van der Waals surface area contributed by atoms with Crippen LogP contribution in [0, 0.1) is 6.92 Å². The molecular weight excluding hydrogens is 376 g/mol. The van der Waals surface area contributed by atoms with Crippen LogP contribution in [0.2, 0.25) is 0 Å². The van der Waals surface area contributed by atoms with Gasteiger partial charge in [-0.15, -0.1) is 0 Å². The Kier molecular flexibility index (Phi) is 7.37. The van der Waals surface area contributed by atoms with Crippen LogP contribution in [0.15, 0.2) is 66.4 Å². The molecule has 0 aromatic heterocycles. The molecule has 2 aromatic carbocycles. The number of nitrogens with zero attached hydrogens (tertiary/aromatic N) is 1. The van der Waals surface area contributed by atoms with Crippen LogP contribution < -0.4 is 4.72 Å². The van der Waals surface area contributed by atoms with Crippen LogP contribution in [-0.4, -0.2) is 39.4 Å². The summed E-state index contributed by atoms with van der Waals surface area (Å²) in [6.07, 6.45) is 1.61. The Hall–Kier alpha value is -2.64. The van der Waals surface area contributed by atoms with Gasteiger partial charge in [-0.1, -0.05) is 54.6 Å². The van der Waals surface area contributed by atoms with E-state index >= 15 is 0 Å². The first-order valence-electron chi connectivity index (χ1n) is 8.96. The van der Waals surface area contributed by atoms with Crippen LogP contribution in [0.5, 0.6) is 0 Å². The van der Waals surface area contributed by atoms with Crippen molar-refractivity contribution in [2.24, 2.45) is 0 Å². The Balaban J connectivity index is 2.61. The van der Waals surface area contributed by atoms with Gasteiger partial charge >= 0.3 is 16.2 Å². The number of ether oxygens (including phenoxy) is 1. The minimum atomic E-state index is -3.87. The first-order valence-corrected chi connectivity index (χ1v) is 10.4. The second-order valence-corrected chi connectivity index (χ2v) is 8.32. The molecule has 0 amide bonds. The second kappa shape index (κ2) is 9.52. The van der Waals surface area contributed by atoms with E-state index in [0.29, 0.717) is 0 Å². The lowest BCUT2D eigenvalue weighted by molar-refractivity contribution is -0.138. The lowest BCUT2D eigenvalue weighted by atomic mass is 9.88. The average Bonchev–Trinajstić information content (AvgIpc) is 2.66. The molecule has 0 fully saturated rings. The molecule has 2 aromatic rings. The fourth-order valence-corrected chi connectivity index (χ4v) is 3.32. The van der Waals surface area contributed by atoms with Gasteiger partial charge in [-0.05, 0) is 36.6 Å². The normalized spacial score (nSPS) is 13.2. The Morgan fingerprint density at radius 2 is 1.71 bits per heavy atom. The third kappa shape index (κ3) is 5.43. The van der Waals surface area contributed by atoms with Crippen LogP contribution >= 0.6 is 0 Å². The average molecular weight is 403 g/mol. The molecule has 0 spiro atoms. The topological polar surface area (TPSA) is 75.7 Å². The molecule has 0 bridgehead atoms. The van der Waals surface area contributed by atoms with E-state index in [-0.39, 0.29) is 18.2 Å². The van der Waals surface area contributed by atoms with E-state index < -0.39 is 16.2 Å². The van der Waals surface area contributed by atoms with Gasteiger partial charge in [0.05, 0.1) is 6.61 Å². The summed E-state index contributed by atoms with van der Waals surface area (Å²) >= 11 is 0. The Labute approximate surface area is 167 Å². The molecule has 1 atom stereocenters. The quantitative estimate of drug-likeness (QED) is 0.544. The van der Waals surface area contributed by atoms with Crippen LogP contribution in [0.3, 0.4) is 0 Å². The molecule has 6 nitrogen and oxygen atoms in total. The molecule has 0 heterocycles. The molecule has 150 valence electrons. The van der Waals surface area contributed by atoms with Crippen molar-refractivity contribution < 1.29 is 17.9 Å². The van der Waals surface area contributed by atoms with Gasteiger partial charge in [-0.3, -0.25) is 4.72 Å². The predicted octanol–water partition coefficient (Wildman–Crippen LogP) is 2.97. The van der Waals surface area contributed by atoms with Gasteiger partial charge in [0.1, 0.15) is 5.70 Å². The molecule has 7 heteroatoms. The fourth-order valence-electron chi connectivity index (χ4n) is 2.71. The van der Waals surface area contributed by atoms with E-state index in [1.165, 1.54) is 14.1 Å². The predicted molar refractivity (Wildman–Crippen MR) is 110 cm³/mol. The van der Waals surface area contributed by atoms with Gasteiger partial charge < -0.3 is 4.74 Å². The van der Waals surface area contributed by atoms with E-state index in [2.05, 4.69) is 4.72 Å². The molecule has 2 rings (SSSR count). The van der Waals surface area contributed by atoms with E-state index in [1.807, 2.05) is 61.5 Å². The summed E-state index contributed by atoms with van der Waals surface area (Å²) in [5, 5.41) is 0. The van der Waals surface area contributed by atoms with Crippen molar-refractivity contribution in [2.45, 2.75) is 19.8 Å². The van der Waals surface area contributed by atoms with Crippen LogP contribution in [0.4, 0.5) is 0 Å². The molecule has 0 unspecified atom stereocenters. The lowest BCUT2D eigenvalue weighted by Gasteiger charge is -2.20. The van der Waals surface area contributed by atoms with E-state index in [4.69, 9.17) is 4.74 Å². The first kappa shape index (κ1) is 21.7. The minimum absolute atomic E-state index is 0.118. The third-order valence-corrected chi connectivity index (χ3v) is 5.67. The van der Waals surface area contributed by atoms with E-state index in [9.17, 15) is 13.2 Å². The van der Waals surface area contributed by atoms with Crippen LogP contribution in [-0.2, 0) is 19.7 Å². The highest BCUT2D eigenvalue weighted by Gasteiger charge is 2.23. The van der Waals surface area contributed by atoms with Crippen molar-refractivity contribution in [3.8, 4) is 0 Å². The Morgan fingerprint density at radius 1 is 1.11 bits per heavy atom. The maximum Gasteiger partial charge on any atom is 0.355 e. The van der Waals surface area contributed by atoms with E-state index in [1.54, 1.807) is 13.0 Å². The standard InChI is InChI=1S/C21H26N2O4S/c1-5-27-21(24)20(22-28(25,26)23(3)4)15-19(17-12-7-6-8-13-17)18-14-10-9-11-16(18)2/h6-15,19,22H,5H2,1-4H3/b20-15-/t19-/m0/s1. The van der Waals surface area contributed by atoms with Crippen LogP contribution in [0.1, 0.15) is 29.5 Å². The Bertz CT molecular complexity index is 938. The maximum atomic E-state index is 12.5. The number of benzene rings is 2. The number of carbonyl (C=O) groups is 1. The number of rotatable bonds is 8. The van der Waals surface area contributed by atoms with Gasteiger partial charge in [0.2, 0.25) is 0 Å². The summed E-state index contributed by atoms with van der Waals surface area (Å²) in [7, 11) is -1.09. The molecule has 0 aliphatic carbocycles. The largest absolute Gasteiger partial charge is 0.461 e. The maximum absolute atomic E-state index is 12.5. The number of carbonyl (C=O) groups excluding carboxylic acids is 1. The van der Waals surface area contributed by atoms with Gasteiger partial charge in [0.25, 0.3) is 0 Å². The molecule has 0 saturated carbocycles. The van der Waals surface area contributed by atoms with Crippen molar-refractivity contribution >= 4 is 16.2 Å². The summed E-state index contributed by atoms with van der Waals surface area (Å²) in [6.45, 7) is 3.79. The molecule has 0 aliphatic rings. The third-order valence-electron chi connectivity index (χ3n) is 4.23. The Morgan fingerprint density at radius 3 is 2.29 bits per heavy atom. The highest BCUT2D eigenvalue weighted by molar-refractivity contribution is 7.87. The van der Waals surface area contributed by atoms with Crippen molar-refractivity contribution in [2.75, 3.05) is 20.7 Å². The number of aryl methyl sites for hydroxylation is 1. The highest BCUT2D eigenvalue weighted by atomic mass is 32.2. The number of esters is 1. The smallest absolute Gasteiger partial charge is 0.355 e. The number of hydrogen-bond donors (Lipinski definition) is 1. The molecule has 28 heavy (non-hydrogen) atoms. The van der Waals surface area contributed by atoms with Gasteiger partial charge in [-0.25, -0.2) is 4.79 Å². The second-order valence-electron chi connectivity index (χ2n) is 6.44. The summed E-state index contributed by atoms with van der Waals surface area (Å²) in [6, 6.07) is 17.4. The zero-order valence-corrected chi connectivity index (χ0v) is 17.4. The number of allylic oxidation sites excluding steroid dienone is 1. The minimum Gasteiger partial charge on any atom is -0.461 e. The first-order chi connectivity index (χ1) is 13.3. The summed E-state index contributed by atoms with van der Waals surface area (Å²) in [5.74, 6) is -1.05. The molecular formula is C21H26N2O4S. The number of hydrogen-bond acceptors (Lipinski definition) is 4. The summed E-state index contributed by atoms with van der Waals surface area (Å²) in [5.41, 5.74) is 2.82. The SMILES string of the molecule is CCOC(=O)/C(=C/[C@@H](c1ccccc1)c1ccccc1C)NS(=O)(=O)N(C)C. The summed E-state index contributed by atoms with van der Waals surface area (Å²) < 4.78 is 33.1. The highest BCUT2D eigenvalue weighted by Crippen LogP contribution is 2.29. The molecule has 0 aliphatic heterocycles. The van der Waals surface area contributed by atoms with Crippen molar-refractivity contribution in [3.05, 3.63) is 83.1 Å². The van der Waals surface area contributed by atoms with Gasteiger partial charge in [0, 0.05) is 20.0 Å². The molecule has 0 radical (unpaired) electrons. The van der Waals surface area contributed by atoms with Gasteiger partial charge in [-0.2, -0.15) is 12.7 Å². The van der Waals surface area contributed by atoms with Crippen molar-refractivity contribution in [3.63, 3.8) is 0 Å². The van der Waals surface area contributed by atoms with Gasteiger partial charge in [0.15, 0.2) is 0 Å². The van der Waals surface area contributed by atoms with E-state index in [0.717, 1.165) is 21.0 Å². The van der Waals surface area contributed by atoms with Crippen LogP contribution in [0.25, 0.3) is 0 Å². The molecule has 1 N–H and O–H groups in total.